The van der Waals surface area contributed by atoms with Gasteiger partial charge in [-0.1, -0.05) is 12.1 Å². The van der Waals surface area contributed by atoms with Crippen molar-refractivity contribution in [2.45, 2.75) is 80.2 Å². The molecule has 0 aliphatic carbocycles. The van der Waals surface area contributed by atoms with Crippen LogP contribution < -0.4 is 0 Å². The predicted molar refractivity (Wildman–Crippen MR) is 110 cm³/mol. The number of pyridine rings is 2. The molecule has 0 aromatic carbocycles. The van der Waals surface area contributed by atoms with Gasteiger partial charge in [-0.05, 0) is 49.4 Å². The first-order valence-electron chi connectivity index (χ1n) is 11.3. The van der Waals surface area contributed by atoms with Gasteiger partial charge in [0.1, 0.15) is 0 Å². The molecule has 0 atom stereocenters. The second-order valence-corrected chi connectivity index (χ2v) is 9.13. The van der Waals surface area contributed by atoms with Gasteiger partial charge >= 0.3 is 47.6 Å². The average Bonchev–Trinajstić information content (AvgIpc) is 2.86. The van der Waals surface area contributed by atoms with E-state index >= 15 is 0 Å². The number of nitrogens with zero attached hydrogens (tertiary/aromatic N) is 2. The van der Waals surface area contributed by atoms with Crippen LogP contribution in [-0.4, -0.2) is 57.6 Å². The Bertz CT molecular complexity index is 1200. The highest BCUT2D eigenvalue weighted by Crippen LogP contribution is 2.64. The third-order valence-corrected chi connectivity index (χ3v) is 5.99. The van der Waals surface area contributed by atoms with E-state index in [1.165, 1.54) is 24.5 Å². The number of aryl methyl sites for hydroxylation is 2. The van der Waals surface area contributed by atoms with Crippen molar-refractivity contribution in [1.82, 2.24) is 9.97 Å². The Hall–Kier alpha value is -2.89. The Labute approximate surface area is 224 Å². The molecule has 0 fully saturated rings. The molecule has 0 saturated heterocycles. The van der Waals surface area contributed by atoms with Crippen molar-refractivity contribution < 1.29 is 74.6 Å². The van der Waals surface area contributed by atoms with Gasteiger partial charge in [0.15, 0.2) is 0 Å². The van der Waals surface area contributed by atoms with E-state index in [2.05, 4.69) is 9.97 Å². The summed E-state index contributed by atoms with van der Waals surface area (Å²) in [6.07, 6.45) is -9.49. The molecule has 238 valence electrons. The average molecular weight is 644 g/mol. The van der Waals surface area contributed by atoms with Crippen LogP contribution in [0.5, 0.6) is 0 Å². The fraction of sp³-hybridized carbons (Fsp3) is 0.565. The maximum atomic E-state index is 14.0. The molecule has 0 unspecified atom stereocenters. The highest BCUT2D eigenvalue weighted by molar-refractivity contribution is 5.53. The van der Waals surface area contributed by atoms with E-state index in [9.17, 15) is 74.6 Å². The minimum atomic E-state index is -8.62. The first-order valence-corrected chi connectivity index (χ1v) is 11.3. The van der Waals surface area contributed by atoms with E-state index in [4.69, 9.17) is 0 Å². The predicted octanol–water partition coefficient (Wildman–Crippen LogP) is 9.17. The zero-order valence-corrected chi connectivity index (χ0v) is 20.6. The van der Waals surface area contributed by atoms with E-state index in [1.807, 2.05) is 0 Å². The lowest BCUT2D eigenvalue weighted by Gasteiger charge is -2.42. The number of unbranched alkanes of at least 4 members (excludes halogenated alkanes) is 1. The first-order chi connectivity index (χ1) is 18.7. The van der Waals surface area contributed by atoms with E-state index in [0.717, 1.165) is 5.56 Å². The molecule has 2 heterocycles. The molecule has 0 bridgehead atoms. The second kappa shape index (κ2) is 11.0. The number of halogens is 17. The number of alkyl halides is 17. The molecule has 19 heteroatoms. The Morgan fingerprint density at radius 2 is 0.929 bits per heavy atom. The van der Waals surface area contributed by atoms with Crippen molar-refractivity contribution in [1.29, 1.82) is 0 Å². The molecule has 2 nitrogen and oxygen atoms in total. The molecule has 0 aliphatic rings. The van der Waals surface area contributed by atoms with Crippen LogP contribution in [0.4, 0.5) is 74.6 Å². The maximum absolute atomic E-state index is 14.0. The number of aromatic nitrogens is 2. The van der Waals surface area contributed by atoms with E-state index in [1.54, 1.807) is 19.1 Å². The molecule has 0 aliphatic heterocycles. The summed E-state index contributed by atoms with van der Waals surface area (Å²) in [7, 11) is 0. The lowest BCUT2D eigenvalue weighted by atomic mass is 9.87. The standard InChI is InChI=1S/C23H17F17N2/c1-12-5-7-14(41-10-12)15-8-6-13(11-42-15)4-2-3-9-16(24,25)17(26,27)18(28,29)19(30,31)20(32,33)21(34,35)22(36,37)23(38,39)40/h5-8,10-11H,2-4,9H2,1H3. The number of hydrogen-bond acceptors (Lipinski definition) is 2. The van der Waals surface area contributed by atoms with E-state index in [0.29, 0.717) is 11.4 Å². The molecule has 0 radical (unpaired) electrons. The van der Waals surface area contributed by atoms with Crippen molar-refractivity contribution in [3.05, 3.63) is 47.8 Å². The summed E-state index contributed by atoms with van der Waals surface area (Å²) in [5, 5.41) is 0. The van der Waals surface area contributed by atoms with E-state index in [-0.39, 0.29) is 12.0 Å². The summed E-state index contributed by atoms with van der Waals surface area (Å²) >= 11 is 0. The summed E-state index contributed by atoms with van der Waals surface area (Å²) in [6, 6.07) is 6.11. The topological polar surface area (TPSA) is 25.8 Å². The van der Waals surface area contributed by atoms with Crippen LogP contribution in [0.1, 0.15) is 30.4 Å². The lowest BCUT2D eigenvalue weighted by molar-refractivity contribution is -0.461. The molecular weight excluding hydrogens is 627 g/mol. The van der Waals surface area contributed by atoms with Gasteiger partial charge in [0.05, 0.1) is 11.4 Å². The SMILES string of the molecule is Cc1ccc(-c2ccc(CCCCC(F)(F)C(F)(F)C(F)(F)C(F)(F)C(F)(F)C(F)(F)C(F)(F)C(F)(F)F)cn2)nc1. The molecule has 0 N–H and O–H groups in total. The lowest BCUT2D eigenvalue weighted by Crippen LogP contribution is -2.74. The Morgan fingerprint density at radius 1 is 0.500 bits per heavy atom. The molecule has 2 aromatic rings. The van der Waals surface area contributed by atoms with Crippen LogP contribution in [0.25, 0.3) is 11.4 Å². The fourth-order valence-electron chi connectivity index (χ4n) is 3.37. The quantitative estimate of drug-likeness (QED) is 0.170. The van der Waals surface area contributed by atoms with Crippen molar-refractivity contribution >= 4 is 0 Å². The van der Waals surface area contributed by atoms with Crippen LogP contribution in [0.2, 0.25) is 0 Å². The monoisotopic (exact) mass is 644 g/mol. The van der Waals surface area contributed by atoms with Gasteiger partial charge in [-0.15, -0.1) is 0 Å². The van der Waals surface area contributed by atoms with Gasteiger partial charge in [-0.25, -0.2) is 0 Å². The molecule has 0 amide bonds. The van der Waals surface area contributed by atoms with Crippen molar-refractivity contribution in [3.8, 4) is 11.4 Å². The first kappa shape index (κ1) is 35.3. The van der Waals surface area contributed by atoms with Gasteiger partial charge < -0.3 is 0 Å². The number of hydrogen-bond donors (Lipinski definition) is 0. The van der Waals surface area contributed by atoms with Crippen LogP contribution in [0.15, 0.2) is 36.7 Å². The molecular formula is C23H17F17N2. The van der Waals surface area contributed by atoms with Crippen LogP contribution in [0.3, 0.4) is 0 Å². The fourth-order valence-corrected chi connectivity index (χ4v) is 3.37. The van der Waals surface area contributed by atoms with Crippen LogP contribution in [0, 0.1) is 6.92 Å². The third-order valence-electron chi connectivity index (χ3n) is 5.99. The van der Waals surface area contributed by atoms with Gasteiger partial charge in [-0.3, -0.25) is 9.97 Å². The molecule has 0 saturated carbocycles. The van der Waals surface area contributed by atoms with Gasteiger partial charge in [-0.2, -0.15) is 74.6 Å². The molecule has 42 heavy (non-hydrogen) atoms. The summed E-state index contributed by atoms with van der Waals surface area (Å²) in [6.45, 7) is 1.76. The summed E-state index contributed by atoms with van der Waals surface area (Å²) in [5.74, 6) is -56.1. The summed E-state index contributed by atoms with van der Waals surface area (Å²) < 4.78 is 226. The Kier molecular flexibility index (Phi) is 9.24. The van der Waals surface area contributed by atoms with Crippen molar-refractivity contribution in [3.63, 3.8) is 0 Å². The van der Waals surface area contributed by atoms with Gasteiger partial charge in [0.25, 0.3) is 0 Å². The normalized spacial score (nSPS) is 14.8. The van der Waals surface area contributed by atoms with Crippen molar-refractivity contribution in [2.24, 2.45) is 0 Å². The smallest absolute Gasteiger partial charge is 0.254 e. The van der Waals surface area contributed by atoms with Crippen LogP contribution in [-0.2, 0) is 6.42 Å². The van der Waals surface area contributed by atoms with Crippen molar-refractivity contribution in [2.75, 3.05) is 0 Å². The summed E-state index contributed by atoms with van der Waals surface area (Å²) in [5.41, 5.74) is 1.87. The maximum Gasteiger partial charge on any atom is 0.460 e. The molecule has 2 aromatic heterocycles. The molecule has 0 spiro atoms. The largest absolute Gasteiger partial charge is 0.460 e. The minimum absolute atomic E-state index is 0.250. The zero-order valence-electron chi connectivity index (χ0n) is 20.6. The third kappa shape index (κ3) is 5.70. The Balaban J connectivity index is 2.18. The molecule has 2 rings (SSSR count). The van der Waals surface area contributed by atoms with Gasteiger partial charge in [0, 0.05) is 18.8 Å². The Morgan fingerprint density at radius 3 is 1.33 bits per heavy atom. The number of rotatable bonds is 12. The highest BCUT2D eigenvalue weighted by Gasteiger charge is 2.95. The zero-order chi connectivity index (χ0) is 32.8. The summed E-state index contributed by atoms with van der Waals surface area (Å²) in [4.78, 5) is 8.10. The van der Waals surface area contributed by atoms with Crippen LogP contribution >= 0.6 is 0 Å². The minimum Gasteiger partial charge on any atom is -0.254 e. The van der Waals surface area contributed by atoms with E-state index < -0.39 is 66.9 Å². The van der Waals surface area contributed by atoms with Gasteiger partial charge in [0.2, 0.25) is 0 Å². The second-order valence-electron chi connectivity index (χ2n) is 9.13. The highest BCUT2D eigenvalue weighted by atomic mass is 19.4.